The maximum Gasteiger partial charge on any atom is 0.327 e. The number of benzene rings is 2. The number of carboxylic acids is 1. The summed E-state index contributed by atoms with van der Waals surface area (Å²) >= 11 is 3.36. The molecule has 2 aromatic rings. The molecule has 0 fully saturated rings. The summed E-state index contributed by atoms with van der Waals surface area (Å²) in [4.78, 5) is 11.6. The molecule has 2 rings (SSSR count). The second-order valence-electron chi connectivity index (χ2n) is 4.64. The summed E-state index contributed by atoms with van der Waals surface area (Å²) in [6.45, 7) is 3.79. The molecule has 0 saturated heterocycles. The molecule has 0 bridgehead atoms. The number of aliphatic carboxylic acids is 1. The van der Waals surface area contributed by atoms with Crippen LogP contribution in [-0.2, 0) is 4.79 Å². The van der Waals surface area contributed by atoms with Gasteiger partial charge in [-0.3, -0.25) is 0 Å². The molecule has 2 atom stereocenters. The Morgan fingerprint density at radius 1 is 1.14 bits per heavy atom. The normalized spacial score (nSPS) is 13.2. The van der Waals surface area contributed by atoms with E-state index in [9.17, 15) is 9.90 Å². The molecule has 0 aromatic heterocycles. The van der Waals surface area contributed by atoms with E-state index in [4.69, 9.17) is 0 Å². The van der Waals surface area contributed by atoms with Crippen LogP contribution in [0.1, 0.15) is 11.5 Å². The van der Waals surface area contributed by atoms with Gasteiger partial charge in [0.1, 0.15) is 6.04 Å². The smallest absolute Gasteiger partial charge is 0.327 e. The Hall–Kier alpha value is -2.07. The van der Waals surface area contributed by atoms with Crippen molar-refractivity contribution in [3.05, 3.63) is 77.3 Å². The number of hydrogen-bond acceptors (Lipinski definition) is 2. The minimum absolute atomic E-state index is 0.313. The van der Waals surface area contributed by atoms with Crippen LogP contribution in [0.5, 0.6) is 0 Å². The fourth-order valence-electron chi connectivity index (χ4n) is 2.17. The van der Waals surface area contributed by atoms with E-state index >= 15 is 0 Å². The number of carboxylic acid groups (broad SMARTS) is 1. The number of anilines is 1. The van der Waals surface area contributed by atoms with Crippen LogP contribution in [0, 0.1) is 0 Å². The Balaban J connectivity index is 2.27. The highest BCUT2D eigenvalue weighted by molar-refractivity contribution is 9.10. The minimum atomic E-state index is -0.910. The SMILES string of the molecule is C=C[C@H](c1ccccc1)[C@@H](Nc1ccc(Br)cc1)C(=O)O. The number of carbonyl (C=O) groups is 1. The Bertz CT molecular complexity index is 610. The van der Waals surface area contributed by atoms with Crippen molar-refractivity contribution in [2.75, 3.05) is 5.32 Å². The summed E-state index contributed by atoms with van der Waals surface area (Å²) in [5.41, 5.74) is 1.68. The first-order valence-corrected chi connectivity index (χ1v) is 7.33. The maximum atomic E-state index is 11.6. The van der Waals surface area contributed by atoms with Gasteiger partial charge in [0.05, 0.1) is 0 Å². The molecule has 4 heteroatoms. The van der Waals surface area contributed by atoms with E-state index in [1.54, 1.807) is 6.08 Å². The lowest BCUT2D eigenvalue weighted by Crippen LogP contribution is -2.34. The molecule has 0 aliphatic heterocycles. The van der Waals surface area contributed by atoms with E-state index in [1.807, 2.05) is 54.6 Å². The lowest BCUT2D eigenvalue weighted by molar-refractivity contribution is -0.138. The largest absolute Gasteiger partial charge is 0.480 e. The zero-order valence-electron chi connectivity index (χ0n) is 11.4. The molecule has 0 amide bonds. The van der Waals surface area contributed by atoms with Crippen LogP contribution < -0.4 is 5.32 Å². The molecule has 2 N–H and O–H groups in total. The van der Waals surface area contributed by atoms with Gasteiger partial charge in [-0.1, -0.05) is 52.3 Å². The maximum absolute atomic E-state index is 11.6. The van der Waals surface area contributed by atoms with Gasteiger partial charge >= 0.3 is 5.97 Å². The number of rotatable bonds is 6. The van der Waals surface area contributed by atoms with Crippen molar-refractivity contribution < 1.29 is 9.90 Å². The van der Waals surface area contributed by atoms with Crippen LogP contribution in [0.4, 0.5) is 5.69 Å². The molecule has 0 aliphatic rings. The van der Waals surface area contributed by atoms with Gasteiger partial charge in [-0.05, 0) is 29.8 Å². The second kappa shape index (κ2) is 7.09. The van der Waals surface area contributed by atoms with Crippen LogP contribution in [0.15, 0.2) is 71.7 Å². The summed E-state index contributed by atoms with van der Waals surface area (Å²) in [5, 5.41) is 12.6. The van der Waals surface area contributed by atoms with E-state index in [2.05, 4.69) is 27.8 Å². The van der Waals surface area contributed by atoms with Gasteiger partial charge in [0, 0.05) is 16.1 Å². The molecule has 108 valence electrons. The molecule has 0 radical (unpaired) electrons. The zero-order chi connectivity index (χ0) is 15.2. The van der Waals surface area contributed by atoms with Gasteiger partial charge < -0.3 is 10.4 Å². The summed E-state index contributed by atoms with van der Waals surface area (Å²) in [7, 11) is 0. The molecule has 0 saturated carbocycles. The van der Waals surface area contributed by atoms with Gasteiger partial charge in [0.2, 0.25) is 0 Å². The van der Waals surface area contributed by atoms with Crippen molar-refractivity contribution >= 4 is 27.6 Å². The highest BCUT2D eigenvalue weighted by atomic mass is 79.9. The first-order valence-electron chi connectivity index (χ1n) is 6.54. The summed E-state index contributed by atoms with van der Waals surface area (Å²) in [6, 6.07) is 16.1. The first kappa shape index (κ1) is 15.3. The van der Waals surface area contributed by atoms with Gasteiger partial charge in [-0.25, -0.2) is 4.79 Å². The first-order chi connectivity index (χ1) is 10.1. The highest BCUT2D eigenvalue weighted by Gasteiger charge is 2.27. The average molecular weight is 346 g/mol. The standard InChI is InChI=1S/C17H16BrNO2/c1-2-15(12-6-4-3-5-7-12)16(17(20)21)19-14-10-8-13(18)9-11-14/h2-11,15-16,19H,1H2,(H,20,21)/t15-,16-/m1/s1. The monoisotopic (exact) mass is 345 g/mol. The third-order valence-electron chi connectivity index (χ3n) is 3.23. The van der Waals surface area contributed by atoms with E-state index in [-0.39, 0.29) is 5.92 Å². The Labute approximate surface area is 132 Å². The van der Waals surface area contributed by atoms with Gasteiger partial charge in [-0.2, -0.15) is 0 Å². The number of hydrogen-bond donors (Lipinski definition) is 2. The lowest BCUT2D eigenvalue weighted by Gasteiger charge is -2.23. The van der Waals surface area contributed by atoms with E-state index in [1.165, 1.54) is 0 Å². The molecule has 0 unspecified atom stereocenters. The fraction of sp³-hybridized carbons (Fsp3) is 0.118. The van der Waals surface area contributed by atoms with Crippen molar-refractivity contribution in [2.24, 2.45) is 0 Å². The van der Waals surface area contributed by atoms with Gasteiger partial charge in [-0.15, -0.1) is 6.58 Å². The lowest BCUT2D eigenvalue weighted by atomic mass is 9.91. The van der Waals surface area contributed by atoms with Gasteiger partial charge in [0.25, 0.3) is 0 Å². The third kappa shape index (κ3) is 3.95. The van der Waals surface area contributed by atoms with Crippen LogP contribution in [0.25, 0.3) is 0 Å². The van der Waals surface area contributed by atoms with Crippen LogP contribution in [0.2, 0.25) is 0 Å². The van der Waals surface area contributed by atoms with Crippen molar-refractivity contribution in [1.29, 1.82) is 0 Å². The van der Waals surface area contributed by atoms with Crippen LogP contribution in [0.3, 0.4) is 0 Å². The highest BCUT2D eigenvalue weighted by Crippen LogP contribution is 2.25. The molecule has 21 heavy (non-hydrogen) atoms. The third-order valence-corrected chi connectivity index (χ3v) is 3.76. The van der Waals surface area contributed by atoms with Crippen molar-refractivity contribution in [2.45, 2.75) is 12.0 Å². The summed E-state index contributed by atoms with van der Waals surface area (Å²) < 4.78 is 0.947. The van der Waals surface area contributed by atoms with Crippen molar-refractivity contribution in [1.82, 2.24) is 0 Å². The molecule has 0 aliphatic carbocycles. The van der Waals surface area contributed by atoms with E-state index in [0.717, 1.165) is 15.7 Å². The molecule has 0 heterocycles. The van der Waals surface area contributed by atoms with Crippen LogP contribution in [-0.4, -0.2) is 17.1 Å². The molecular weight excluding hydrogens is 330 g/mol. The van der Waals surface area contributed by atoms with Gasteiger partial charge in [0.15, 0.2) is 0 Å². The predicted octanol–water partition coefficient (Wildman–Crippen LogP) is 4.28. The summed E-state index contributed by atoms with van der Waals surface area (Å²) in [5.74, 6) is -1.22. The average Bonchev–Trinajstić information content (AvgIpc) is 2.50. The topological polar surface area (TPSA) is 49.3 Å². The van der Waals surface area contributed by atoms with Crippen molar-refractivity contribution in [3.8, 4) is 0 Å². The Morgan fingerprint density at radius 3 is 2.29 bits per heavy atom. The number of nitrogens with one attached hydrogen (secondary N) is 1. The van der Waals surface area contributed by atoms with Crippen LogP contribution >= 0.6 is 15.9 Å². The second-order valence-corrected chi connectivity index (χ2v) is 5.55. The molecular formula is C17H16BrNO2. The Kier molecular flexibility index (Phi) is 5.17. The molecule has 2 aromatic carbocycles. The Morgan fingerprint density at radius 2 is 1.76 bits per heavy atom. The molecule has 3 nitrogen and oxygen atoms in total. The number of halogens is 1. The summed E-state index contributed by atoms with van der Waals surface area (Å²) in [6.07, 6.45) is 1.67. The fourth-order valence-corrected chi connectivity index (χ4v) is 2.44. The predicted molar refractivity (Wildman–Crippen MR) is 88.6 cm³/mol. The van der Waals surface area contributed by atoms with Crippen molar-refractivity contribution in [3.63, 3.8) is 0 Å². The quantitative estimate of drug-likeness (QED) is 0.768. The molecule has 0 spiro atoms. The minimum Gasteiger partial charge on any atom is -0.480 e. The van der Waals surface area contributed by atoms with E-state index < -0.39 is 12.0 Å². The van der Waals surface area contributed by atoms with E-state index in [0.29, 0.717) is 0 Å². The zero-order valence-corrected chi connectivity index (χ0v) is 13.0.